The molecule has 392 valence electrons. The summed E-state index contributed by atoms with van der Waals surface area (Å²) >= 11 is 0. The Kier molecular flexibility index (Phi) is 52.7. The molecule has 0 radical (unpaired) electrons. The Morgan fingerprint density at radius 3 is 0.662 bits per heavy atom. The number of aliphatic hydroxyl groups is 4. The zero-order chi connectivity index (χ0) is 47.5. The van der Waals surface area contributed by atoms with Crippen molar-refractivity contribution in [2.45, 2.75) is 283 Å². The van der Waals surface area contributed by atoms with Crippen molar-refractivity contribution in [2.24, 2.45) is 0 Å². The van der Waals surface area contributed by atoms with Crippen LogP contribution in [0.1, 0.15) is 259 Å². The highest BCUT2D eigenvalue weighted by atomic mass is 16.5. The van der Waals surface area contributed by atoms with E-state index in [0.29, 0.717) is 78.9 Å². The smallest absolute Gasteiger partial charge is 0.0701 e. The van der Waals surface area contributed by atoms with Gasteiger partial charge in [-0.2, -0.15) is 0 Å². The summed E-state index contributed by atoms with van der Waals surface area (Å²) in [5.74, 6) is 0. The summed E-state index contributed by atoms with van der Waals surface area (Å²) in [5.41, 5.74) is 0. The number of hydrogen-bond donors (Lipinski definition) is 4. The van der Waals surface area contributed by atoms with Gasteiger partial charge in [-0.1, -0.05) is 233 Å². The van der Waals surface area contributed by atoms with Crippen molar-refractivity contribution >= 4 is 0 Å². The number of nitrogens with zero attached hydrogens (tertiary/aromatic N) is 2. The second kappa shape index (κ2) is 53.0. The zero-order valence-electron chi connectivity index (χ0n) is 44.2. The third-order valence-electron chi connectivity index (χ3n) is 13.3. The van der Waals surface area contributed by atoms with Gasteiger partial charge in [-0.15, -0.1) is 0 Å². The number of hydrogen-bond acceptors (Lipinski definition) is 9. The van der Waals surface area contributed by atoms with Gasteiger partial charge in [-0.25, -0.2) is 0 Å². The molecule has 0 spiro atoms. The predicted octanol–water partition coefficient (Wildman–Crippen LogP) is 13.2. The molecule has 0 aliphatic carbocycles. The molecule has 0 bridgehead atoms. The molecule has 0 aromatic carbocycles. The average molecular weight is 930 g/mol. The molecule has 0 rings (SSSR count). The first-order valence-corrected chi connectivity index (χ1v) is 28.8. The molecule has 65 heavy (non-hydrogen) atoms. The summed E-state index contributed by atoms with van der Waals surface area (Å²) in [7, 11) is 0. The Morgan fingerprint density at radius 2 is 0.446 bits per heavy atom. The number of aliphatic hydroxyl groups excluding tert-OH is 4. The lowest BCUT2D eigenvalue weighted by atomic mass is 10.0. The summed E-state index contributed by atoms with van der Waals surface area (Å²) in [5, 5.41) is 43.7. The van der Waals surface area contributed by atoms with Crippen LogP contribution < -0.4 is 0 Å². The zero-order valence-corrected chi connectivity index (χ0v) is 44.2. The van der Waals surface area contributed by atoms with Gasteiger partial charge < -0.3 is 34.6 Å². The van der Waals surface area contributed by atoms with Crippen LogP contribution in [0.2, 0.25) is 0 Å². The highest BCUT2D eigenvalue weighted by Crippen LogP contribution is 2.16. The maximum absolute atomic E-state index is 10.9. The third kappa shape index (κ3) is 49.9. The second-order valence-electron chi connectivity index (χ2n) is 20.0. The fourth-order valence-corrected chi connectivity index (χ4v) is 9.06. The van der Waals surface area contributed by atoms with E-state index in [1.54, 1.807) is 0 Å². The van der Waals surface area contributed by atoms with E-state index in [1.807, 2.05) is 0 Å². The molecule has 0 saturated carbocycles. The summed E-state index contributed by atoms with van der Waals surface area (Å²) in [4.78, 5) is 4.40. The Labute approximate surface area is 405 Å². The van der Waals surface area contributed by atoms with Crippen LogP contribution in [0.15, 0.2) is 0 Å². The summed E-state index contributed by atoms with van der Waals surface area (Å²) in [6, 6.07) is 0. The van der Waals surface area contributed by atoms with Gasteiger partial charge in [0.1, 0.15) is 0 Å². The van der Waals surface area contributed by atoms with Gasteiger partial charge in [0.25, 0.3) is 0 Å². The molecule has 0 aromatic rings. The topological polar surface area (TPSA) is 115 Å². The Bertz CT molecular complexity index is 764. The van der Waals surface area contributed by atoms with E-state index in [9.17, 15) is 20.4 Å². The fraction of sp³-hybridized carbons (Fsp3) is 1.00. The summed E-state index contributed by atoms with van der Waals surface area (Å²) in [6.45, 7) is 15.8. The SMILES string of the molecule is CCCCCCCCCCC(O)CN(CCOCCOCCOCCN(CC(O)CCCCCCCCCC)CC(O)CCCCCCCCCC)CC(O)CCCCCCCCCC. The number of ether oxygens (including phenoxy) is 3. The molecule has 0 fully saturated rings. The van der Waals surface area contributed by atoms with Crippen LogP contribution in [0.5, 0.6) is 0 Å². The van der Waals surface area contributed by atoms with E-state index >= 15 is 0 Å². The van der Waals surface area contributed by atoms with E-state index in [-0.39, 0.29) is 24.4 Å². The van der Waals surface area contributed by atoms with Crippen molar-refractivity contribution < 1.29 is 34.6 Å². The monoisotopic (exact) mass is 929 g/mol. The van der Waals surface area contributed by atoms with Gasteiger partial charge in [0.2, 0.25) is 0 Å². The van der Waals surface area contributed by atoms with E-state index in [2.05, 4.69) is 37.5 Å². The lowest BCUT2D eigenvalue weighted by Gasteiger charge is -2.27. The molecule has 0 aliphatic heterocycles. The first-order valence-electron chi connectivity index (χ1n) is 28.8. The molecule has 4 unspecified atom stereocenters. The first-order chi connectivity index (χ1) is 31.9. The van der Waals surface area contributed by atoms with E-state index in [1.165, 1.54) is 180 Å². The molecule has 4 N–H and O–H groups in total. The van der Waals surface area contributed by atoms with Crippen LogP contribution in [0.25, 0.3) is 0 Å². The molecule has 9 nitrogen and oxygen atoms in total. The molecule has 4 atom stereocenters. The van der Waals surface area contributed by atoms with E-state index in [0.717, 1.165) is 51.4 Å². The van der Waals surface area contributed by atoms with Gasteiger partial charge in [0, 0.05) is 39.3 Å². The van der Waals surface area contributed by atoms with Crippen LogP contribution in [0.4, 0.5) is 0 Å². The predicted molar refractivity (Wildman–Crippen MR) is 278 cm³/mol. The quantitative estimate of drug-likeness (QED) is 0.0443. The molecular weight excluding hydrogens is 813 g/mol. The average Bonchev–Trinajstić information content (AvgIpc) is 3.29. The molecule has 0 amide bonds. The van der Waals surface area contributed by atoms with E-state index in [4.69, 9.17) is 14.2 Å². The highest BCUT2D eigenvalue weighted by Gasteiger charge is 2.18. The van der Waals surface area contributed by atoms with Crippen LogP contribution in [-0.4, -0.2) is 134 Å². The fourth-order valence-electron chi connectivity index (χ4n) is 9.06. The van der Waals surface area contributed by atoms with Crippen molar-refractivity contribution in [3.63, 3.8) is 0 Å². The number of unbranched alkanes of at least 4 members (excludes halogenated alkanes) is 28. The highest BCUT2D eigenvalue weighted by molar-refractivity contribution is 4.71. The second-order valence-corrected chi connectivity index (χ2v) is 20.0. The lowest BCUT2D eigenvalue weighted by Crippen LogP contribution is -2.40. The summed E-state index contributed by atoms with van der Waals surface area (Å²) in [6.07, 6.45) is 42.1. The first kappa shape index (κ1) is 64.6. The van der Waals surface area contributed by atoms with Gasteiger partial charge in [-0.05, 0) is 25.7 Å². The van der Waals surface area contributed by atoms with Crippen molar-refractivity contribution in [1.29, 1.82) is 0 Å². The minimum atomic E-state index is -0.379. The minimum absolute atomic E-state index is 0.379. The van der Waals surface area contributed by atoms with Gasteiger partial charge in [0.05, 0.1) is 64.1 Å². The largest absolute Gasteiger partial charge is 0.392 e. The van der Waals surface area contributed by atoms with Crippen LogP contribution in [0, 0.1) is 0 Å². The molecule has 0 heterocycles. The van der Waals surface area contributed by atoms with Crippen molar-refractivity contribution in [1.82, 2.24) is 9.80 Å². The lowest BCUT2D eigenvalue weighted by molar-refractivity contribution is -0.00363. The van der Waals surface area contributed by atoms with Crippen LogP contribution >= 0.6 is 0 Å². The minimum Gasteiger partial charge on any atom is -0.392 e. The molecule has 9 heteroatoms. The molecule has 0 aliphatic rings. The molecular formula is C56H116N2O7. The maximum atomic E-state index is 10.9. The molecule has 0 saturated heterocycles. The van der Waals surface area contributed by atoms with Crippen LogP contribution in [-0.2, 0) is 14.2 Å². The maximum Gasteiger partial charge on any atom is 0.0701 e. The standard InChI is InChI=1S/C56H116N2O7/c1-5-9-13-17-21-25-29-33-37-53(59)49-57(50-54(60)38-34-30-26-22-18-14-10-6-2)41-43-63-45-47-65-48-46-64-44-42-58(51-55(61)39-35-31-27-23-19-15-11-7-3)52-56(62)40-36-32-28-24-20-16-12-8-4/h53-56,59-62H,5-52H2,1-4H3. The Balaban J connectivity index is 4.60. The molecule has 0 aromatic heterocycles. The normalized spacial score (nSPS) is 13.9. The number of rotatable bonds is 56. The summed E-state index contributed by atoms with van der Waals surface area (Å²) < 4.78 is 17.8. The Morgan fingerprint density at radius 1 is 0.262 bits per heavy atom. The van der Waals surface area contributed by atoms with Crippen molar-refractivity contribution in [3.05, 3.63) is 0 Å². The van der Waals surface area contributed by atoms with Crippen LogP contribution in [0.3, 0.4) is 0 Å². The van der Waals surface area contributed by atoms with Crippen molar-refractivity contribution in [2.75, 3.05) is 78.9 Å². The van der Waals surface area contributed by atoms with E-state index < -0.39 is 0 Å². The van der Waals surface area contributed by atoms with Crippen molar-refractivity contribution in [3.8, 4) is 0 Å². The van der Waals surface area contributed by atoms with Gasteiger partial charge >= 0.3 is 0 Å². The third-order valence-corrected chi connectivity index (χ3v) is 13.3. The van der Waals surface area contributed by atoms with Gasteiger partial charge in [-0.3, -0.25) is 9.80 Å². The Hall–Kier alpha value is -0.360. The van der Waals surface area contributed by atoms with Gasteiger partial charge in [0.15, 0.2) is 0 Å².